The minimum atomic E-state index is -4.80. The highest BCUT2D eigenvalue weighted by molar-refractivity contribution is 5.96. The molecule has 1 aliphatic carbocycles. The fourth-order valence-electron chi connectivity index (χ4n) is 4.57. The maximum atomic E-state index is 14.5. The van der Waals surface area contributed by atoms with Crippen LogP contribution in [0, 0.1) is 11.7 Å². The summed E-state index contributed by atoms with van der Waals surface area (Å²) in [5.41, 5.74) is -0.398. The molecule has 1 aromatic heterocycles. The summed E-state index contributed by atoms with van der Waals surface area (Å²) in [6.45, 7) is 1.95. The van der Waals surface area contributed by atoms with Crippen molar-refractivity contribution in [2.24, 2.45) is 5.92 Å². The number of amides is 1. The van der Waals surface area contributed by atoms with Gasteiger partial charge in [0.05, 0.1) is 16.8 Å². The molecule has 1 aliphatic heterocycles. The molecule has 9 heteroatoms. The molecule has 2 aliphatic rings. The van der Waals surface area contributed by atoms with Crippen LogP contribution in [0.4, 0.5) is 29.1 Å². The van der Waals surface area contributed by atoms with Gasteiger partial charge in [0.15, 0.2) is 5.82 Å². The third-order valence-electron chi connectivity index (χ3n) is 6.43. The topological polar surface area (TPSA) is 63.2 Å². The Balaban J connectivity index is 1.56. The molecule has 1 amide bonds. The van der Waals surface area contributed by atoms with Crippen molar-refractivity contribution >= 4 is 17.4 Å². The zero-order chi connectivity index (χ0) is 23.4. The highest BCUT2D eigenvalue weighted by Crippen LogP contribution is 2.38. The Hall–Kier alpha value is -2.68. The molecule has 1 saturated heterocycles. The van der Waals surface area contributed by atoms with E-state index >= 15 is 0 Å². The zero-order valence-corrected chi connectivity index (χ0v) is 18.2. The molecule has 0 atom stereocenters. The van der Waals surface area contributed by atoms with Gasteiger partial charge in [0.2, 0.25) is 0 Å². The molecule has 1 aromatic carbocycles. The fraction of sp³-hybridized carbons (Fsp3) is 0.500. The van der Waals surface area contributed by atoms with Crippen molar-refractivity contribution in [2.45, 2.75) is 50.6 Å². The first kappa shape index (κ1) is 23.5. The molecule has 5 nitrogen and oxygen atoms in total. The number of carbonyl (C=O) groups is 1. The van der Waals surface area contributed by atoms with E-state index in [2.05, 4.69) is 15.6 Å². The van der Waals surface area contributed by atoms with Crippen molar-refractivity contribution in [1.82, 2.24) is 10.3 Å². The Kier molecular flexibility index (Phi) is 7.17. The van der Waals surface area contributed by atoms with E-state index in [1.807, 2.05) is 0 Å². The number of ether oxygens (including phenoxy) is 1. The minimum Gasteiger partial charge on any atom is -0.381 e. The maximum absolute atomic E-state index is 14.5. The van der Waals surface area contributed by atoms with Gasteiger partial charge in [-0.15, -0.1) is 0 Å². The van der Waals surface area contributed by atoms with Gasteiger partial charge in [-0.1, -0.05) is 18.9 Å². The monoisotopic (exact) mass is 465 g/mol. The molecular weight excluding hydrogens is 438 g/mol. The van der Waals surface area contributed by atoms with Gasteiger partial charge in [-0.2, -0.15) is 13.2 Å². The number of rotatable bonds is 6. The van der Waals surface area contributed by atoms with Crippen LogP contribution >= 0.6 is 0 Å². The third-order valence-corrected chi connectivity index (χ3v) is 6.43. The number of halogens is 4. The van der Waals surface area contributed by atoms with Gasteiger partial charge in [-0.25, -0.2) is 9.37 Å². The van der Waals surface area contributed by atoms with Crippen molar-refractivity contribution in [3.8, 4) is 0 Å². The highest BCUT2D eigenvalue weighted by Gasteiger charge is 2.35. The molecule has 2 heterocycles. The summed E-state index contributed by atoms with van der Waals surface area (Å²) in [6.07, 6.45) is 2.36. The van der Waals surface area contributed by atoms with Crippen LogP contribution in [-0.4, -0.2) is 30.6 Å². The van der Waals surface area contributed by atoms with Crippen molar-refractivity contribution in [2.75, 3.05) is 25.1 Å². The highest BCUT2D eigenvalue weighted by atomic mass is 19.4. The third kappa shape index (κ3) is 5.63. The number of hydrogen-bond acceptors (Lipinski definition) is 4. The second-order valence-electron chi connectivity index (χ2n) is 8.69. The van der Waals surface area contributed by atoms with Gasteiger partial charge in [-0.3, -0.25) is 4.79 Å². The number of anilines is 2. The van der Waals surface area contributed by atoms with Crippen LogP contribution in [0.3, 0.4) is 0 Å². The SMILES string of the molecule is O=C(NCC1CCOCC1)c1cnc(Nc2cccc(C(F)(F)F)c2F)cc1C1CCCC1. The number of nitrogens with zero attached hydrogens (tertiary/aromatic N) is 1. The molecule has 0 spiro atoms. The summed E-state index contributed by atoms with van der Waals surface area (Å²) in [5.74, 6) is -0.865. The standard InChI is InChI=1S/C24H27F4N3O2/c25-22-19(24(26,27)28)6-3-7-20(22)31-21-12-17(16-4-1-2-5-16)18(14-29-21)23(32)30-13-15-8-10-33-11-9-15/h3,6-7,12,14-16H,1-2,4-5,8-11,13H2,(H,29,31)(H,30,32). The van der Waals surface area contributed by atoms with Gasteiger partial charge in [0.1, 0.15) is 5.82 Å². The summed E-state index contributed by atoms with van der Waals surface area (Å²) in [6, 6.07) is 4.74. The average molecular weight is 465 g/mol. The molecule has 2 fully saturated rings. The lowest BCUT2D eigenvalue weighted by Crippen LogP contribution is -2.33. The number of hydrogen-bond donors (Lipinski definition) is 2. The van der Waals surface area contributed by atoms with Crippen molar-refractivity contribution in [3.63, 3.8) is 0 Å². The summed E-state index contributed by atoms with van der Waals surface area (Å²) >= 11 is 0. The van der Waals surface area contributed by atoms with Gasteiger partial charge in [-0.05, 0) is 61.3 Å². The van der Waals surface area contributed by atoms with E-state index < -0.39 is 17.6 Å². The molecule has 0 bridgehead atoms. The number of nitrogens with one attached hydrogen (secondary N) is 2. The first-order chi connectivity index (χ1) is 15.8. The second kappa shape index (κ2) is 10.1. The van der Waals surface area contributed by atoms with Crippen LogP contribution in [0.25, 0.3) is 0 Å². The minimum absolute atomic E-state index is 0.156. The van der Waals surface area contributed by atoms with Gasteiger partial charge >= 0.3 is 6.18 Å². The van der Waals surface area contributed by atoms with Crippen LogP contribution in [0.1, 0.15) is 65.9 Å². The number of aromatic nitrogens is 1. The normalized spacial score (nSPS) is 17.8. The predicted octanol–water partition coefficient (Wildman–Crippen LogP) is 5.80. The Labute approximate surface area is 189 Å². The lowest BCUT2D eigenvalue weighted by molar-refractivity contribution is -0.139. The predicted molar refractivity (Wildman–Crippen MR) is 116 cm³/mol. The first-order valence-corrected chi connectivity index (χ1v) is 11.3. The molecule has 0 unspecified atom stereocenters. The van der Waals surface area contributed by atoms with Crippen LogP contribution in [0.15, 0.2) is 30.5 Å². The maximum Gasteiger partial charge on any atom is 0.419 e. The molecule has 33 heavy (non-hydrogen) atoms. The van der Waals surface area contributed by atoms with Crippen LogP contribution in [0.2, 0.25) is 0 Å². The van der Waals surface area contributed by atoms with Crippen molar-refractivity contribution in [3.05, 3.63) is 53.0 Å². The second-order valence-corrected chi connectivity index (χ2v) is 8.69. The van der Waals surface area contributed by atoms with Crippen LogP contribution in [0.5, 0.6) is 0 Å². The average Bonchev–Trinajstić information content (AvgIpc) is 3.34. The molecule has 0 radical (unpaired) electrons. The molecule has 2 N–H and O–H groups in total. The van der Waals surface area contributed by atoms with Crippen LogP contribution < -0.4 is 10.6 Å². The Morgan fingerprint density at radius 1 is 1.12 bits per heavy atom. The molecule has 2 aromatic rings. The van der Waals surface area contributed by atoms with E-state index in [9.17, 15) is 22.4 Å². The van der Waals surface area contributed by atoms with Gasteiger partial charge in [0.25, 0.3) is 5.91 Å². The summed E-state index contributed by atoms with van der Waals surface area (Å²) < 4.78 is 59.0. The first-order valence-electron chi connectivity index (χ1n) is 11.3. The lowest BCUT2D eigenvalue weighted by atomic mass is 9.93. The molecule has 1 saturated carbocycles. The lowest BCUT2D eigenvalue weighted by Gasteiger charge is -2.23. The largest absolute Gasteiger partial charge is 0.419 e. The van der Waals surface area contributed by atoms with Gasteiger partial charge < -0.3 is 15.4 Å². The Bertz CT molecular complexity index is 984. The molecule has 4 rings (SSSR count). The summed E-state index contributed by atoms with van der Waals surface area (Å²) in [4.78, 5) is 17.2. The summed E-state index contributed by atoms with van der Waals surface area (Å²) in [7, 11) is 0. The van der Waals surface area contributed by atoms with Crippen LogP contribution in [-0.2, 0) is 10.9 Å². The van der Waals surface area contributed by atoms with E-state index in [0.717, 1.165) is 50.2 Å². The Morgan fingerprint density at radius 3 is 2.55 bits per heavy atom. The smallest absolute Gasteiger partial charge is 0.381 e. The number of benzene rings is 1. The Morgan fingerprint density at radius 2 is 1.85 bits per heavy atom. The molecular formula is C24H27F4N3O2. The van der Waals surface area contributed by atoms with E-state index in [4.69, 9.17) is 4.74 Å². The van der Waals surface area contributed by atoms with Crippen molar-refractivity contribution in [1.29, 1.82) is 0 Å². The van der Waals surface area contributed by atoms with E-state index in [1.54, 1.807) is 6.07 Å². The quantitative estimate of drug-likeness (QED) is 0.530. The van der Waals surface area contributed by atoms with Gasteiger partial charge in [0, 0.05) is 26.0 Å². The van der Waals surface area contributed by atoms with E-state index in [1.165, 1.54) is 12.3 Å². The molecule has 178 valence electrons. The fourth-order valence-corrected chi connectivity index (χ4v) is 4.57. The van der Waals surface area contributed by atoms with E-state index in [0.29, 0.717) is 37.3 Å². The van der Waals surface area contributed by atoms with E-state index in [-0.39, 0.29) is 23.3 Å². The summed E-state index contributed by atoms with van der Waals surface area (Å²) in [5, 5.41) is 5.66. The number of alkyl halides is 3. The number of carbonyl (C=O) groups excluding carboxylic acids is 1. The van der Waals surface area contributed by atoms with Crippen molar-refractivity contribution < 1.29 is 27.1 Å². The zero-order valence-electron chi connectivity index (χ0n) is 18.2. The number of pyridine rings is 1.